The molecular weight excluding hydrogens is 250 g/mol. The van der Waals surface area contributed by atoms with E-state index in [1.54, 1.807) is 11.9 Å². The maximum Gasteiger partial charge on any atom is 0.246 e. The first-order valence-corrected chi connectivity index (χ1v) is 6.19. The fourth-order valence-corrected chi connectivity index (χ4v) is 2.09. The lowest BCUT2D eigenvalue weighted by Crippen LogP contribution is -2.37. The van der Waals surface area contributed by atoms with Gasteiger partial charge in [-0.3, -0.25) is 4.79 Å². The molecular formula is C14H16F2N2O. The van der Waals surface area contributed by atoms with Crippen molar-refractivity contribution in [2.45, 2.75) is 12.5 Å². The summed E-state index contributed by atoms with van der Waals surface area (Å²) >= 11 is 0. The number of benzene rings is 1. The molecule has 1 aliphatic rings. The standard InChI is InChI=1S/C14H16F2N2O/c1-18(10-7-8-17-9-10)14(19)6-5-11-12(15)3-2-4-13(11)16/h2-6,10,17H,7-9H2,1H3/b6-5+. The number of halogens is 2. The first-order valence-electron chi connectivity index (χ1n) is 6.19. The molecule has 1 fully saturated rings. The van der Waals surface area contributed by atoms with Gasteiger partial charge >= 0.3 is 0 Å². The molecule has 1 aromatic carbocycles. The molecule has 0 aliphatic carbocycles. The highest BCUT2D eigenvalue weighted by atomic mass is 19.1. The lowest BCUT2D eigenvalue weighted by molar-refractivity contribution is -0.126. The summed E-state index contributed by atoms with van der Waals surface area (Å²) in [6.45, 7) is 1.64. The van der Waals surface area contributed by atoms with Gasteiger partial charge in [0, 0.05) is 31.3 Å². The zero-order valence-electron chi connectivity index (χ0n) is 10.7. The molecule has 1 aromatic rings. The number of nitrogens with zero attached hydrogens (tertiary/aromatic N) is 1. The van der Waals surface area contributed by atoms with Crippen LogP contribution in [0.15, 0.2) is 24.3 Å². The van der Waals surface area contributed by atoms with Crippen LogP contribution >= 0.6 is 0 Å². The van der Waals surface area contributed by atoms with Gasteiger partial charge in [-0.25, -0.2) is 8.78 Å². The lowest BCUT2D eigenvalue weighted by atomic mass is 10.1. The molecule has 0 bridgehead atoms. The predicted octanol–water partition coefficient (Wildman–Crippen LogP) is 1.80. The van der Waals surface area contributed by atoms with Gasteiger partial charge in [-0.2, -0.15) is 0 Å². The van der Waals surface area contributed by atoms with Crippen molar-refractivity contribution in [1.29, 1.82) is 0 Å². The summed E-state index contributed by atoms with van der Waals surface area (Å²) in [6, 6.07) is 3.76. The average Bonchev–Trinajstić information content (AvgIpc) is 2.90. The summed E-state index contributed by atoms with van der Waals surface area (Å²) in [5, 5.41) is 3.16. The molecule has 1 saturated heterocycles. The summed E-state index contributed by atoms with van der Waals surface area (Å²) in [5.41, 5.74) is -0.186. The van der Waals surface area contributed by atoms with Crippen LogP contribution in [0.25, 0.3) is 6.08 Å². The molecule has 1 unspecified atom stereocenters. The third-order valence-electron chi connectivity index (χ3n) is 3.32. The van der Waals surface area contributed by atoms with Gasteiger partial charge in [0.15, 0.2) is 0 Å². The highest BCUT2D eigenvalue weighted by Crippen LogP contribution is 2.14. The number of carbonyl (C=O) groups is 1. The van der Waals surface area contributed by atoms with E-state index in [4.69, 9.17) is 0 Å². The van der Waals surface area contributed by atoms with Crippen molar-refractivity contribution in [1.82, 2.24) is 10.2 Å². The van der Waals surface area contributed by atoms with E-state index in [1.807, 2.05) is 0 Å². The molecule has 1 atom stereocenters. The third-order valence-corrected chi connectivity index (χ3v) is 3.32. The summed E-state index contributed by atoms with van der Waals surface area (Å²) in [5.74, 6) is -1.60. The van der Waals surface area contributed by atoms with E-state index < -0.39 is 11.6 Å². The summed E-state index contributed by atoms with van der Waals surface area (Å²) < 4.78 is 26.8. The number of amides is 1. The second-order valence-corrected chi connectivity index (χ2v) is 4.56. The van der Waals surface area contributed by atoms with E-state index in [2.05, 4.69) is 5.32 Å². The van der Waals surface area contributed by atoms with E-state index in [-0.39, 0.29) is 17.5 Å². The fraction of sp³-hybridized carbons (Fsp3) is 0.357. The second-order valence-electron chi connectivity index (χ2n) is 4.56. The zero-order valence-corrected chi connectivity index (χ0v) is 10.7. The van der Waals surface area contributed by atoms with Crippen LogP contribution in [0.1, 0.15) is 12.0 Å². The molecule has 1 heterocycles. The molecule has 0 radical (unpaired) electrons. The van der Waals surface area contributed by atoms with Gasteiger partial charge in [-0.05, 0) is 31.2 Å². The Morgan fingerprint density at radius 2 is 2.11 bits per heavy atom. The van der Waals surface area contributed by atoms with Crippen molar-refractivity contribution in [3.8, 4) is 0 Å². The zero-order chi connectivity index (χ0) is 13.8. The second kappa shape index (κ2) is 5.93. The number of hydrogen-bond acceptors (Lipinski definition) is 2. The van der Waals surface area contributed by atoms with Crippen LogP contribution in [-0.2, 0) is 4.79 Å². The fourth-order valence-electron chi connectivity index (χ4n) is 2.09. The smallest absolute Gasteiger partial charge is 0.246 e. The number of likely N-dealkylation sites (N-methyl/N-ethyl adjacent to an activating group) is 1. The Kier molecular flexibility index (Phi) is 4.27. The molecule has 19 heavy (non-hydrogen) atoms. The van der Waals surface area contributed by atoms with Crippen LogP contribution in [0.3, 0.4) is 0 Å². The predicted molar refractivity (Wildman–Crippen MR) is 69.4 cm³/mol. The Balaban J connectivity index is 2.07. The van der Waals surface area contributed by atoms with Crippen molar-refractivity contribution in [3.05, 3.63) is 41.5 Å². The Labute approximate surface area is 110 Å². The van der Waals surface area contributed by atoms with Gasteiger partial charge in [0.2, 0.25) is 5.91 Å². The van der Waals surface area contributed by atoms with E-state index in [0.717, 1.165) is 31.6 Å². The minimum absolute atomic E-state index is 0.141. The van der Waals surface area contributed by atoms with E-state index >= 15 is 0 Å². The minimum Gasteiger partial charge on any atom is -0.338 e. The van der Waals surface area contributed by atoms with Crippen LogP contribution in [-0.4, -0.2) is 37.0 Å². The molecule has 1 N–H and O–H groups in total. The molecule has 0 aromatic heterocycles. The number of nitrogens with one attached hydrogen (secondary N) is 1. The van der Waals surface area contributed by atoms with E-state index in [1.165, 1.54) is 18.2 Å². The van der Waals surface area contributed by atoms with Crippen molar-refractivity contribution < 1.29 is 13.6 Å². The minimum atomic E-state index is -0.672. The van der Waals surface area contributed by atoms with Crippen LogP contribution in [0.2, 0.25) is 0 Å². The van der Waals surface area contributed by atoms with Crippen LogP contribution < -0.4 is 5.32 Å². The highest BCUT2D eigenvalue weighted by Gasteiger charge is 2.21. The molecule has 1 amide bonds. The number of carbonyl (C=O) groups excluding carboxylic acids is 1. The summed E-state index contributed by atoms with van der Waals surface area (Å²) in [7, 11) is 1.70. The molecule has 2 rings (SSSR count). The first kappa shape index (κ1) is 13.7. The molecule has 0 saturated carbocycles. The third kappa shape index (κ3) is 3.17. The quantitative estimate of drug-likeness (QED) is 0.846. The number of rotatable bonds is 3. The lowest BCUT2D eigenvalue weighted by Gasteiger charge is -2.22. The van der Waals surface area contributed by atoms with Crippen molar-refractivity contribution in [2.75, 3.05) is 20.1 Å². The maximum absolute atomic E-state index is 13.4. The van der Waals surface area contributed by atoms with Crippen molar-refractivity contribution in [3.63, 3.8) is 0 Å². The van der Waals surface area contributed by atoms with Crippen LogP contribution in [0.5, 0.6) is 0 Å². The van der Waals surface area contributed by atoms with Gasteiger partial charge in [0.05, 0.1) is 0 Å². The normalized spacial score (nSPS) is 19.0. The van der Waals surface area contributed by atoms with E-state index in [9.17, 15) is 13.6 Å². The summed E-state index contributed by atoms with van der Waals surface area (Å²) in [6.07, 6.45) is 3.29. The van der Waals surface area contributed by atoms with Crippen molar-refractivity contribution in [2.24, 2.45) is 0 Å². The maximum atomic E-state index is 13.4. The average molecular weight is 266 g/mol. The first-order chi connectivity index (χ1) is 9.09. The Morgan fingerprint density at radius 1 is 1.42 bits per heavy atom. The monoisotopic (exact) mass is 266 g/mol. The van der Waals surface area contributed by atoms with Crippen LogP contribution in [0.4, 0.5) is 8.78 Å². The van der Waals surface area contributed by atoms with Gasteiger partial charge in [0.25, 0.3) is 0 Å². The molecule has 0 spiro atoms. The van der Waals surface area contributed by atoms with Crippen molar-refractivity contribution >= 4 is 12.0 Å². The SMILES string of the molecule is CN(C(=O)/C=C/c1c(F)cccc1F)C1CCNC1. The number of hydrogen-bond donors (Lipinski definition) is 1. The molecule has 102 valence electrons. The van der Waals surface area contributed by atoms with Gasteiger partial charge < -0.3 is 10.2 Å². The Morgan fingerprint density at radius 3 is 2.68 bits per heavy atom. The molecule has 5 heteroatoms. The van der Waals surface area contributed by atoms with E-state index in [0.29, 0.717) is 0 Å². The topological polar surface area (TPSA) is 32.3 Å². The molecule has 3 nitrogen and oxygen atoms in total. The van der Waals surface area contributed by atoms with Gasteiger partial charge in [0.1, 0.15) is 11.6 Å². The highest BCUT2D eigenvalue weighted by molar-refractivity contribution is 5.91. The van der Waals surface area contributed by atoms with Gasteiger partial charge in [-0.1, -0.05) is 6.07 Å². The largest absolute Gasteiger partial charge is 0.338 e. The van der Waals surface area contributed by atoms with Crippen LogP contribution in [0, 0.1) is 11.6 Å². The Bertz CT molecular complexity index is 476. The van der Waals surface area contributed by atoms with Gasteiger partial charge in [-0.15, -0.1) is 0 Å². The molecule has 1 aliphatic heterocycles. The summed E-state index contributed by atoms with van der Waals surface area (Å²) in [4.78, 5) is 13.5. The Hall–Kier alpha value is -1.75.